The minimum absolute atomic E-state index is 0.0636. The molecule has 2 unspecified atom stereocenters. The molecule has 0 spiro atoms. The van der Waals surface area contributed by atoms with Gasteiger partial charge in [-0.2, -0.15) is 4.99 Å². The minimum Gasteiger partial charge on any atom is -0.489 e. The maximum atomic E-state index is 12.7. The summed E-state index contributed by atoms with van der Waals surface area (Å²) in [7, 11) is -3.12. The number of hydrogen-bond acceptors (Lipinski definition) is 5. The summed E-state index contributed by atoms with van der Waals surface area (Å²) in [6.07, 6.45) is 0.928. The monoisotopic (exact) mass is 506 g/mol. The molecule has 3 aromatic carbocycles. The number of carbonyl (C=O) groups is 1. The van der Waals surface area contributed by atoms with Crippen LogP contribution in [0.25, 0.3) is 0 Å². The van der Waals surface area contributed by atoms with E-state index in [9.17, 15) is 13.2 Å². The second kappa shape index (κ2) is 10.3. The maximum absolute atomic E-state index is 12.7. The third-order valence-electron chi connectivity index (χ3n) is 6.12. The molecular formula is C27H26N2O4S2. The number of nitrogens with zero attached hydrogens (tertiary/aromatic N) is 2. The average Bonchev–Trinajstić information content (AvgIpc) is 3.33. The number of rotatable bonds is 7. The van der Waals surface area contributed by atoms with Gasteiger partial charge in [0, 0.05) is 17.4 Å². The molecule has 2 fully saturated rings. The third-order valence-corrected chi connectivity index (χ3v) is 9.33. The Hall–Kier alpha value is -3.10. The second-order valence-electron chi connectivity index (χ2n) is 8.71. The fourth-order valence-corrected chi connectivity index (χ4v) is 8.30. The number of ether oxygens (including phenoxy) is 1. The van der Waals surface area contributed by atoms with Crippen molar-refractivity contribution in [1.29, 1.82) is 0 Å². The zero-order valence-corrected chi connectivity index (χ0v) is 20.8. The predicted molar refractivity (Wildman–Crippen MR) is 141 cm³/mol. The molecule has 0 aliphatic carbocycles. The number of amides is 1. The van der Waals surface area contributed by atoms with E-state index >= 15 is 0 Å². The molecule has 1 amide bonds. The molecule has 0 N–H and O–H groups in total. The van der Waals surface area contributed by atoms with Crippen molar-refractivity contribution in [2.24, 2.45) is 4.99 Å². The molecule has 0 radical (unpaired) electrons. The zero-order chi connectivity index (χ0) is 24.3. The Morgan fingerprint density at radius 2 is 1.57 bits per heavy atom. The van der Waals surface area contributed by atoms with Crippen molar-refractivity contribution in [3.05, 3.63) is 96.1 Å². The van der Waals surface area contributed by atoms with Crippen LogP contribution in [0.5, 0.6) is 5.75 Å². The second-order valence-corrected chi connectivity index (χ2v) is 12.1. The molecule has 3 aromatic rings. The summed E-state index contributed by atoms with van der Waals surface area (Å²) < 4.78 is 30.5. The molecule has 8 heteroatoms. The molecule has 2 atom stereocenters. The van der Waals surface area contributed by atoms with Gasteiger partial charge in [-0.1, -0.05) is 72.4 Å². The first-order valence-electron chi connectivity index (χ1n) is 11.6. The third kappa shape index (κ3) is 5.77. The molecule has 2 aliphatic rings. The summed E-state index contributed by atoms with van der Waals surface area (Å²) in [5.41, 5.74) is 2.98. The van der Waals surface area contributed by atoms with Gasteiger partial charge in [0.15, 0.2) is 15.0 Å². The van der Waals surface area contributed by atoms with Crippen LogP contribution >= 0.6 is 11.8 Å². The van der Waals surface area contributed by atoms with Crippen molar-refractivity contribution < 1.29 is 17.9 Å². The van der Waals surface area contributed by atoms with E-state index in [1.165, 1.54) is 11.8 Å². The lowest BCUT2D eigenvalue weighted by Crippen LogP contribution is -2.37. The number of sulfone groups is 1. The van der Waals surface area contributed by atoms with Gasteiger partial charge < -0.3 is 9.64 Å². The Labute approximate surface area is 209 Å². The van der Waals surface area contributed by atoms with Crippen LogP contribution in [0.2, 0.25) is 0 Å². The van der Waals surface area contributed by atoms with Crippen molar-refractivity contribution in [1.82, 2.24) is 0 Å². The van der Waals surface area contributed by atoms with E-state index in [2.05, 4.69) is 4.99 Å². The Morgan fingerprint density at radius 1 is 0.914 bits per heavy atom. The molecular weight excluding hydrogens is 480 g/mol. The van der Waals surface area contributed by atoms with E-state index in [1.54, 1.807) is 0 Å². The van der Waals surface area contributed by atoms with Crippen LogP contribution in [-0.2, 0) is 27.7 Å². The maximum Gasteiger partial charge on any atom is 0.248 e. The molecule has 0 saturated carbocycles. The fraction of sp³-hybridized carbons (Fsp3) is 0.259. The van der Waals surface area contributed by atoms with Gasteiger partial charge in [-0.3, -0.25) is 4.79 Å². The summed E-state index contributed by atoms with van der Waals surface area (Å²) in [4.78, 5) is 19.0. The van der Waals surface area contributed by atoms with Gasteiger partial charge in [-0.25, -0.2) is 8.42 Å². The molecule has 0 bridgehead atoms. The lowest BCUT2D eigenvalue weighted by Gasteiger charge is -2.24. The highest BCUT2D eigenvalue weighted by Crippen LogP contribution is 2.41. The Balaban J connectivity index is 1.32. The summed E-state index contributed by atoms with van der Waals surface area (Å²) in [6, 6.07) is 27.1. The Bertz CT molecular complexity index is 1310. The fourth-order valence-electron chi connectivity index (χ4n) is 4.37. The normalized spacial score (nSPS) is 21.7. The number of amidine groups is 1. The highest BCUT2D eigenvalue weighted by molar-refractivity contribution is 8.16. The summed E-state index contributed by atoms with van der Waals surface area (Å²) in [6.45, 7) is 0.464. The first kappa shape index (κ1) is 23.6. The van der Waals surface area contributed by atoms with Crippen LogP contribution in [0, 0.1) is 0 Å². The highest BCUT2D eigenvalue weighted by Gasteiger charge is 2.49. The standard InChI is InChI=1S/C27H26N2O4S2/c30-26(16-11-20-7-3-1-4-8-20)28-27-29(24-18-35(31,32)19-25(24)34-27)22-12-14-23(15-13-22)33-17-21-9-5-2-6-10-21/h1-10,12-15,24-25H,11,16-19H2. The number of carbonyl (C=O) groups excluding carboxylic acids is 1. The molecule has 2 saturated heterocycles. The smallest absolute Gasteiger partial charge is 0.248 e. The van der Waals surface area contributed by atoms with Gasteiger partial charge in [-0.15, -0.1) is 0 Å². The van der Waals surface area contributed by atoms with E-state index in [4.69, 9.17) is 4.74 Å². The molecule has 2 heterocycles. The van der Waals surface area contributed by atoms with E-state index in [0.717, 1.165) is 22.6 Å². The van der Waals surface area contributed by atoms with Gasteiger partial charge in [0.2, 0.25) is 5.91 Å². The molecule has 5 rings (SSSR count). The summed E-state index contributed by atoms with van der Waals surface area (Å²) in [5, 5.41) is 0.445. The predicted octanol–water partition coefficient (Wildman–Crippen LogP) is 4.50. The number of fused-ring (bicyclic) bond motifs is 1. The summed E-state index contributed by atoms with van der Waals surface area (Å²) >= 11 is 1.39. The zero-order valence-electron chi connectivity index (χ0n) is 19.1. The van der Waals surface area contributed by atoms with E-state index in [0.29, 0.717) is 24.6 Å². The SMILES string of the molecule is O=C(CCc1ccccc1)N=C1SC2CS(=O)(=O)CC2N1c1ccc(OCc2ccccc2)cc1. The van der Waals surface area contributed by atoms with Crippen molar-refractivity contribution >= 4 is 38.4 Å². The van der Waals surface area contributed by atoms with Crippen LogP contribution in [0.4, 0.5) is 5.69 Å². The molecule has 2 aliphatic heterocycles. The molecule has 180 valence electrons. The van der Waals surface area contributed by atoms with Crippen LogP contribution in [0.3, 0.4) is 0 Å². The van der Waals surface area contributed by atoms with E-state index in [1.807, 2.05) is 89.8 Å². The lowest BCUT2D eigenvalue weighted by atomic mass is 10.1. The lowest BCUT2D eigenvalue weighted by molar-refractivity contribution is -0.117. The average molecular weight is 507 g/mol. The Kier molecular flexibility index (Phi) is 6.92. The van der Waals surface area contributed by atoms with Crippen LogP contribution in [0.15, 0.2) is 89.9 Å². The molecule has 35 heavy (non-hydrogen) atoms. The van der Waals surface area contributed by atoms with Crippen molar-refractivity contribution in [2.75, 3.05) is 16.4 Å². The van der Waals surface area contributed by atoms with Gasteiger partial charge in [0.05, 0.1) is 17.5 Å². The van der Waals surface area contributed by atoms with Crippen molar-refractivity contribution in [3.8, 4) is 5.75 Å². The van der Waals surface area contributed by atoms with Gasteiger partial charge in [0.25, 0.3) is 0 Å². The van der Waals surface area contributed by atoms with Gasteiger partial charge in [-0.05, 0) is 41.8 Å². The van der Waals surface area contributed by atoms with Gasteiger partial charge >= 0.3 is 0 Å². The number of benzene rings is 3. The number of aliphatic imine (C=N–C) groups is 1. The topological polar surface area (TPSA) is 76.0 Å². The number of aryl methyl sites for hydroxylation is 1. The first-order chi connectivity index (χ1) is 17.0. The number of hydrogen-bond donors (Lipinski definition) is 0. The first-order valence-corrected chi connectivity index (χ1v) is 14.3. The Morgan fingerprint density at radius 3 is 2.26 bits per heavy atom. The van der Waals surface area contributed by atoms with Crippen LogP contribution in [0.1, 0.15) is 17.5 Å². The molecule has 0 aromatic heterocycles. The number of anilines is 1. The van der Waals surface area contributed by atoms with E-state index < -0.39 is 9.84 Å². The summed E-state index contributed by atoms with van der Waals surface area (Å²) in [5.74, 6) is 0.687. The largest absolute Gasteiger partial charge is 0.489 e. The van der Waals surface area contributed by atoms with Crippen LogP contribution < -0.4 is 9.64 Å². The minimum atomic E-state index is -3.12. The highest BCUT2D eigenvalue weighted by atomic mass is 32.2. The number of thioether (sulfide) groups is 1. The van der Waals surface area contributed by atoms with Crippen molar-refractivity contribution in [3.63, 3.8) is 0 Å². The quantitative estimate of drug-likeness (QED) is 0.470. The van der Waals surface area contributed by atoms with E-state index in [-0.39, 0.29) is 28.7 Å². The van der Waals surface area contributed by atoms with Crippen molar-refractivity contribution in [2.45, 2.75) is 30.7 Å². The van der Waals surface area contributed by atoms with Crippen LogP contribution in [-0.4, -0.2) is 42.3 Å². The van der Waals surface area contributed by atoms with Gasteiger partial charge in [0.1, 0.15) is 12.4 Å². The molecule has 6 nitrogen and oxygen atoms in total.